The van der Waals surface area contributed by atoms with Crippen LogP contribution in [0.15, 0.2) is 42.5 Å². The van der Waals surface area contributed by atoms with Gasteiger partial charge in [-0.25, -0.2) is 0 Å². The number of fused-ring (bicyclic) bond motifs is 1. The van der Waals surface area contributed by atoms with Crippen molar-refractivity contribution in [3.05, 3.63) is 64.7 Å². The number of allylic oxidation sites excluding steroid dienone is 1. The second-order valence-corrected chi connectivity index (χ2v) is 10.1. The Balaban J connectivity index is 1.80. The molecule has 0 heterocycles. The van der Waals surface area contributed by atoms with Gasteiger partial charge in [-0.2, -0.15) is 0 Å². The number of benzene rings is 2. The molecule has 0 spiro atoms. The van der Waals surface area contributed by atoms with Gasteiger partial charge in [-0.05, 0) is 84.7 Å². The Morgan fingerprint density at radius 1 is 0.931 bits per heavy atom. The summed E-state index contributed by atoms with van der Waals surface area (Å²) in [5.74, 6) is 0.930. The highest BCUT2D eigenvalue weighted by molar-refractivity contribution is 5.80. The van der Waals surface area contributed by atoms with Crippen LogP contribution < -0.4 is 4.74 Å². The first-order valence-electron chi connectivity index (χ1n) is 10.8. The largest absolute Gasteiger partial charge is 0.492 e. The van der Waals surface area contributed by atoms with Crippen LogP contribution in [0.1, 0.15) is 69.7 Å². The van der Waals surface area contributed by atoms with Crippen molar-refractivity contribution in [1.82, 2.24) is 4.90 Å². The van der Waals surface area contributed by atoms with E-state index in [9.17, 15) is 0 Å². The molecular weight excluding hydrogens is 354 g/mol. The lowest BCUT2D eigenvalue weighted by atomic mass is 9.63. The first-order chi connectivity index (χ1) is 13.6. The lowest BCUT2D eigenvalue weighted by molar-refractivity contribution is 0.261. The zero-order chi connectivity index (χ0) is 21.2. The van der Waals surface area contributed by atoms with Gasteiger partial charge >= 0.3 is 0 Å². The predicted octanol–water partition coefficient (Wildman–Crippen LogP) is 6.54. The van der Waals surface area contributed by atoms with Crippen molar-refractivity contribution in [3.63, 3.8) is 0 Å². The van der Waals surface area contributed by atoms with E-state index in [0.717, 1.165) is 12.3 Å². The maximum absolute atomic E-state index is 5.80. The quantitative estimate of drug-likeness (QED) is 0.519. The monoisotopic (exact) mass is 391 g/mol. The molecule has 1 aliphatic carbocycles. The Hall–Kier alpha value is -2.06. The second kappa shape index (κ2) is 8.36. The molecule has 156 valence electrons. The number of hydrogen-bond acceptors (Lipinski definition) is 2. The van der Waals surface area contributed by atoms with Crippen molar-refractivity contribution in [2.45, 2.75) is 58.3 Å². The number of hydrogen-bond donors (Lipinski definition) is 0. The van der Waals surface area contributed by atoms with Crippen molar-refractivity contribution in [2.24, 2.45) is 0 Å². The van der Waals surface area contributed by atoms with E-state index in [1.165, 1.54) is 40.7 Å². The Labute approximate surface area is 177 Å². The van der Waals surface area contributed by atoms with Crippen LogP contribution >= 0.6 is 0 Å². The summed E-state index contributed by atoms with van der Waals surface area (Å²) in [4.78, 5) is 2.13. The smallest absolute Gasteiger partial charge is 0.119 e. The molecule has 0 radical (unpaired) electrons. The first-order valence-corrected chi connectivity index (χ1v) is 10.8. The third kappa shape index (κ3) is 5.11. The fourth-order valence-corrected chi connectivity index (χ4v) is 4.17. The third-order valence-electron chi connectivity index (χ3n) is 6.38. The maximum Gasteiger partial charge on any atom is 0.119 e. The summed E-state index contributed by atoms with van der Waals surface area (Å²) in [6.07, 6.45) is 4.77. The van der Waals surface area contributed by atoms with Crippen LogP contribution in [0.5, 0.6) is 5.75 Å². The van der Waals surface area contributed by atoms with E-state index < -0.39 is 0 Å². The molecule has 2 nitrogen and oxygen atoms in total. The molecule has 2 aromatic rings. The minimum Gasteiger partial charge on any atom is -0.492 e. The summed E-state index contributed by atoms with van der Waals surface area (Å²) < 4.78 is 5.80. The van der Waals surface area contributed by atoms with E-state index >= 15 is 0 Å². The number of nitrogens with zero attached hydrogens (tertiary/aromatic N) is 1. The van der Waals surface area contributed by atoms with Gasteiger partial charge in [-0.3, -0.25) is 0 Å². The number of rotatable bonds is 6. The Morgan fingerprint density at radius 3 is 2.17 bits per heavy atom. The second-order valence-electron chi connectivity index (χ2n) is 10.1. The number of likely N-dealkylation sites (N-methyl/N-ethyl adjacent to an activating group) is 1. The molecule has 0 aromatic heterocycles. The highest BCUT2D eigenvalue weighted by Gasteiger charge is 2.36. The van der Waals surface area contributed by atoms with Crippen LogP contribution in [0.2, 0.25) is 0 Å². The van der Waals surface area contributed by atoms with E-state index in [-0.39, 0.29) is 10.8 Å². The molecule has 0 bridgehead atoms. The van der Waals surface area contributed by atoms with Gasteiger partial charge < -0.3 is 9.64 Å². The third-order valence-corrected chi connectivity index (χ3v) is 6.38. The molecule has 1 aliphatic rings. The van der Waals surface area contributed by atoms with Crippen molar-refractivity contribution in [2.75, 3.05) is 27.2 Å². The summed E-state index contributed by atoms with van der Waals surface area (Å²) in [6, 6.07) is 15.5. The first kappa shape index (κ1) is 21.6. The molecule has 0 atom stereocenters. The standard InChI is InChI=1S/C27H37NO/c1-20(18-21-8-11-23(12-9-21)29-17-16-28(6)7)22-10-13-24-25(19-22)27(4,5)15-14-26(24,2)3/h8-13,18-19H,14-17H2,1-7H3. The summed E-state index contributed by atoms with van der Waals surface area (Å²) in [5, 5.41) is 0. The molecule has 0 saturated heterocycles. The average Bonchev–Trinajstić information content (AvgIpc) is 2.66. The molecule has 2 heteroatoms. The Bertz CT molecular complexity index is 872. The van der Waals surface area contributed by atoms with Gasteiger partial charge in [0.2, 0.25) is 0 Å². The van der Waals surface area contributed by atoms with Crippen molar-refractivity contribution < 1.29 is 4.74 Å². The summed E-state index contributed by atoms with van der Waals surface area (Å²) >= 11 is 0. The molecule has 29 heavy (non-hydrogen) atoms. The zero-order valence-corrected chi connectivity index (χ0v) is 19.3. The van der Waals surface area contributed by atoms with Gasteiger partial charge in [0.25, 0.3) is 0 Å². The van der Waals surface area contributed by atoms with E-state index in [1.807, 2.05) is 0 Å². The van der Waals surface area contributed by atoms with E-state index in [2.05, 4.69) is 102 Å². The minimum absolute atomic E-state index is 0.243. The molecular formula is C27H37NO. The molecule has 0 saturated carbocycles. The number of ether oxygens (including phenoxy) is 1. The van der Waals surface area contributed by atoms with Crippen LogP contribution in [0.25, 0.3) is 11.6 Å². The highest BCUT2D eigenvalue weighted by Crippen LogP contribution is 2.46. The maximum atomic E-state index is 5.80. The van der Waals surface area contributed by atoms with Gasteiger partial charge in [0.05, 0.1) is 0 Å². The van der Waals surface area contributed by atoms with Crippen molar-refractivity contribution in [1.29, 1.82) is 0 Å². The fourth-order valence-electron chi connectivity index (χ4n) is 4.17. The summed E-state index contributed by atoms with van der Waals surface area (Å²) in [7, 11) is 4.12. The zero-order valence-electron chi connectivity index (χ0n) is 19.3. The molecule has 0 N–H and O–H groups in total. The van der Waals surface area contributed by atoms with Gasteiger partial charge in [0.1, 0.15) is 12.4 Å². The molecule has 3 rings (SSSR count). The lowest BCUT2D eigenvalue weighted by Crippen LogP contribution is -2.33. The van der Waals surface area contributed by atoms with Crippen LogP contribution in [-0.2, 0) is 10.8 Å². The van der Waals surface area contributed by atoms with Crippen molar-refractivity contribution in [3.8, 4) is 5.75 Å². The Morgan fingerprint density at radius 2 is 1.55 bits per heavy atom. The normalized spacial score (nSPS) is 17.9. The summed E-state index contributed by atoms with van der Waals surface area (Å²) in [6.45, 7) is 13.4. The predicted molar refractivity (Wildman–Crippen MR) is 126 cm³/mol. The topological polar surface area (TPSA) is 12.5 Å². The lowest BCUT2D eigenvalue weighted by Gasteiger charge is -2.42. The molecule has 0 unspecified atom stereocenters. The van der Waals surface area contributed by atoms with E-state index in [4.69, 9.17) is 4.74 Å². The Kier molecular flexibility index (Phi) is 6.24. The molecule has 0 fully saturated rings. The van der Waals surface area contributed by atoms with Crippen LogP contribution in [0.3, 0.4) is 0 Å². The SMILES string of the molecule is CC(=Cc1ccc(OCCN(C)C)cc1)c1ccc2c(c1)C(C)(C)CCC2(C)C. The molecule has 0 aliphatic heterocycles. The van der Waals surface area contributed by atoms with Crippen LogP contribution in [0, 0.1) is 0 Å². The van der Waals surface area contributed by atoms with Gasteiger partial charge in [0.15, 0.2) is 0 Å². The fraction of sp³-hybridized carbons (Fsp3) is 0.481. The van der Waals surface area contributed by atoms with E-state index in [1.54, 1.807) is 0 Å². The summed E-state index contributed by atoms with van der Waals surface area (Å²) in [5.41, 5.74) is 7.37. The minimum atomic E-state index is 0.243. The van der Waals surface area contributed by atoms with Crippen LogP contribution in [0.4, 0.5) is 0 Å². The van der Waals surface area contributed by atoms with Gasteiger partial charge in [-0.1, -0.05) is 64.1 Å². The average molecular weight is 392 g/mol. The van der Waals surface area contributed by atoms with Gasteiger partial charge in [0, 0.05) is 6.54 Å². The molecule has 2 aromatic carbocycles. The van der Waals surface area contributed by atoms with Gasteiger partial charge in [-0.15, -0.1) is 0 Å². The van der Waals surface area contributed by atoms with Crippen molar-refractivity contribution >= 4 is 11.6 Å². The van der Waals surface area contributed by atoms with E-state index in [0.29, 0.717) is 6.61 Å². The molecule has 0 amide bonds. The van der Waals surface area contributed by atoms with Crippen LogP contribution in [-0.4, -0.2) is 32.1 Å². The highest BCUT2D eigenvalue weighted by atomic mass is 16.5.